The third-order valence-electron chi connectivity index (χ3n) is 8.69. The number of benzene rings is 1. The highest BCUT2D eigenvalue weighted by atomic mass is 16.2. The molecule has 2 aromatic rings. The highest BCUT2D eigenvalue weighted by Gasteiger charge is 2.47. The zero-order valence-corrected chi connectivity index (χ0v) is 28.1. The number of rotatable bonds is 14. The van der Waals surface area contributed by atoms with Gasteiger partial charge in [-0.2, -0.15) is 0 Å². The van der Waals surface area contributed by atoms with Gasteiger partial charge in [0.05, 0.1) is 12.2 Å². The maximum atomic E-state index is 14.2. The fourth-order valence-electron chi connectivity index (χ4n) is 6.15. The van der Waals surface area contributed by atoms with Gasteiger partial charge in [0.1, 0.15) is 23.8 Å². The van der Waals surface area contributed by atoms with E-state index in [4.69, 9.17) is 0 Å². The molecule has 1 aliphatic heterocycles. The smallest absolute Gasteiger partial charge is 0.293 e. The third-order valence-corrected chi connectivity index (χ3v) is 8.69. The summed E-state index contributed by atoms with van der Waals surface area (Å²) < 4.78 is 0. The molecule has 2 unspecified atom stereocenters. The zero-order chi connectivity index (χ0) is 35.0. The van der Waals surface area contributed by atoms with Crippen molar-refractivity contribution < 1.29 is 28.8 Å². The molecule has 5 amide bonds. The van der Waals surface area contributed by atoms with Crippen LogP contribution in [-0.4, -0.2) is 74.4 Å². The van der Waals surface area contributed by atoms with E-state index in [1.165, 1.54) is 23.5 Å². The standard InChI is InChI=1S/C35H45N7O6/c1-6-11-25(30(43)34(47)38-23-13-8-7-9-14-23)39-33(46)29-24-15-10-12-22(24)19-42(29)35(48)28(21(4)5)41-32(45)27(20(2)3)40-31(44)26-18-36-16-17-37-26/h7-9,13-14,16-21,24-25,27-29H,6,10-12,15H2,1-5H3,(H,38,47)(H,39,46)(H,40,44)(H,41,45)/t24?,25?,27-,28-,29-/m0/s1. The number of aromatic nitrogens is 2. The van der Waals surface area contributed by atoms with Crippen molar-refractivity contribution >= 4 is 41.0 Å². The molecule has 0 radical (unpaired) electrons. The summed E-state index contributed by atoms with van der Waals surface area (Å²) in [6.07, 6.45) is 8.81. The van der Waals surface area contributed by atoms with E-state index in [9.17, 15) is 28.8 Å². The Labute approximate surface area is 280 Å². The van der Waals surface area contributed by atoms with Crippen LogP contribution in [0.3, 0.4) is 0 Å². The molecule has 5 atom stereocenters. The lowest BCUT2D eigenvalue weighted by Gasteiger charge is -2.33. The van der Waals surface area contributed by atoms with Gasteiger partial charge in [0.15, 0.2) is 0 Å². The van der Waals surface area contributed by atoms with E-state index in [-0.39, 0.29) is 29.9 Å². The van der Waals surface area contributed by atoms with Crippen molar-refractivity contribution in [2.45, 2.75) is 90.9 Å². The van der Waals surface area contributed by atoms with Crippen LogP contribution in [0.4, 0.5) is 5.69 Å². The Hall–Kier alpha value is -4.94. The molecule has 4 N–H and O–H groups in total. The number of nitrogens with one attached hydrogen (secondary N) is 4. The summed E-state index contributed by atoms with van der Waals surface area (Å²) in [5.41, 5.74) is 1.46. The Balaban J connectivity index is 1.51. The average molecular weight is 660 g/mol. The first kappa shape index (κ1) is 35.9. The molecule has 0 saturated heterocycles. The number of carbonyl (C=O) groups excluding carboxylic acids is 6. The second-order valence-electron chi connectivity index (χ2n) is 12.9. The Morgan fingerprint density at radius 2 is 1.62 bits per heavy atom. The van der Waals surface area contributed by atoms with Crippen molar-refractivity contribution in [2.75, 3.05) is 5.32 Å². The highest BCUT2D eigenvalue weighted by Crippen LogP contribution is 2.41. The first-order valence-electron chi connectivity index (χ1n) is 16.5. The molecule has 0 spiro atoms. The fraction of sp³-hybridized carbons (Fsp3) is 0.486. The largest absolute Gasteiger partial charge is 0.344 e. The summed E-state index contributed by atoms with van der Waals surface area (Å²) in [6, 6.07) is 4.53. The van der Waals surface area contributed by atoms with Gasteiger partial charge in [-0.25, -0.2) is 4.98 Å². The molecule has 2 heterocycles. The molecule has 1 fully saturated rings. The number of ketones is 1. The predicted molar refractivity (Wildman–Crippen MR) is 178 cm³/mol. The summed E-state index contributed by atoms with van der Waals surface area (Å²) in [5, 5.41) is 10.9. The van der Waals surface area contributed by atoms with E-state index in [0.717, 1.165) is 18.4 Å². The van der Waals surface area contributed by atoms with Crippen LogP contribution in [0.1, 0.15) is 77.2 Å². The summed E-state index contributed by atoms with van der Waals surface area (Å²) in [4.78, 5) is 89.9. The van der Waals surface area contributed by atoms with Gasteiger partial charge in [-0.1, -0.05) is 59.2 Å². The van der Waals surface area contributed by atoms with Gasteiger partial charge < -0.3 is 26.2 Å². The van der Waals surface area contributed by atoms with E-state index in [1.54, 1.807) is 64.2 Å². The van der Waals surface area contributed by atoms with Crippen LogP contribution in [0, 0.1) is 17.8 Å². The molecule has 13 nitrogen and oxygen atoms in total. The summed E-state index contributed by atoms with van der Waals surface area (Å²) in [6.45, 7) is 8.96. The highest BCUT2D eigenvalue weighted by molar-refractivity contribution is 6.42. The van der Waals surface area contributed by atoms with Crippen LogP contribution < -0.4 is 21.3 Å². The van der Waals surface area contributed by atoms with Gasteiger partial charge in [-0.15, -0.1) is 0 Å². The monoisotopic (exact) mass is 659 g/mol. The molecule has 1 aliphatic carbocycles. The van der Waals surface area contributed by atoms with E-state index in [2.05, 4.69) is 31.2 Å². The molecule has 1 aromatic carbocycles. The van der Waals surface area contributed by atoms with Gasteiger partial charge in [-0.05, 0) is 55.2 Å². The number of para-hydroxylation sites is 1. The summed E-state index contributed by atoms with van der Waals surface area (Å²) >= 11 is 0. The van der Waals surface area contributed by atoms with Crippen LogP contribution in [0.5, 0.6) is 0 Å². The number of hydrogen-bond donors (Lipinski definition) is 4. The molecule has 13 heteroatoms. The maximum Gasteiger partial charge on any atom is 0.293 e. The Morgan fingerprint density at radius 1 is 0.917 bits per heavy atom. The molecule has 256 valence electrons. The van der Waals surface area contributed by atoms with Gasteiger partial charge in [0.2, 0.25) is 23.5 Å². The van der Waals surface area contributed by atoms with E-state index >= 15 is 0 Å². The van der Waals surface area contributed by atoms with E-state index in [0.29, 0.717) is 18.5 Å². The molecular weight excluding hydrogens is 614 g/mol. The number of nitrogens with zero attached hydrogens (tertiary/aromatic N) is 3. The van der Waals surface area contributed by atoms with E-state index < -0.39 is 59.5 Å². The normalized spacial score (nSPS) is 18.7. The van der Waals surface area contributed by atoms with Crippen LogP contribution in [0.25, 0.3) is 0 Å². The molecule has 1 aromatic heterocycles. The van der Waals surface area contributed by atoms with Crippen LogP contribution in [-0.2, 0) is 24.0 Å². The second kappa shape index (κ2) is 16.2. The SMILES string of the molecule is CCCC(NC(=O)[C@@H]1C2CCCC2=CN1C(=O)[C@@H](NC(=O)[C@@H](NC(=O)c1cnccn1)C(C)C)C(C)C)C(=O)C(=O)Nc1ccccc1. The summed E-state index contributed by atoms with van der Waals surface area (Å²) in [5.74, 6) is -4.71. The first-order valence-corrected chi connectivity index (χ1v) is 16.5. The van der Waals surface area contributed by atoms with Crippen molar-refractivity contribution in [3.05, 3.63) is 66.4 Å². The lowest BCUT2D eigenvalue weighted by atomic mass is 9.94. The van der Waals surface area contributed by atoms with Crippen molar-refractivity contribution in [3.63, 3.8) is 0 Å². The fourth-order valence-corrected chi connectivity index (χ4v) is 6.15. The quantitative estimate of drug-likeness (QED) is 0.224. The molecular formula is C35H45N7O6. The second-order valence-corrected chi connectivity index (χ2v) is 12.9. The number of Topliss-reactive ketones (excluding diaryl/α,β-unsaturated/α-hetero) is 1. The number of amides is 5. The van der Waals surface area contributed by atoms with Crippen molar-refractivity contribution in [2.24, 2.45) is 17.8 Å². The minimum Gasteiger partial charge on any atom is -0.344 e. The Morgan fingerprint density at radius 3 is 2.25 bits per heavy atom. The number of fused-ring (bicyclic) bond motifs is 1. The number of anilines is 1. The minimum atomic E-state index is -1.08. The van der Waals surface area contributed by atoms with Gasteiger partial charge in [-0.3, -0.25) is 33.8 Å². The first-order chi connectivity index (χ1) is 22.9. The Bertz CT molecular complexity index is 1530. The summed E-state index contributed by atoms with van der Waals surface area (Å²) in [7, 11) is 0. The predicted octanol–water partition coefficient (Wildman–Crippen LogP) is 2.76. The van der Waals surface area contributed by atoms with Gasteiger partial charge in [0, 0.05) is 30.2 Å². The topological polar surface area (TPSA) is 180 Å². The van der Waals surface area contributed by atoms with Crippen molar-refractivity contribution in [1.29, 1.82) is 0 Å². The van der Waals surface area contributed by atoms with Gasteiger partial charge >= 0.3 is 0 Å². The molecule has 4 rings (SSSR count). The van der Waals surface area contributed by atoms with Crippen LogP contribution >= 0.6 is 0 Å². The van der Waals surface area contributed by atoms with Crippen molar-refractivity contribution in [1.82, 2.24) is 30.8 Å². The van der Waals surface area contributed by atoms with Crippen molar-refractivity contribution in [3.8, 4) is 0 Å². The molecule has 48 heavy (non-hydrogen) atoms. The van der Waals surface area contributed by atoms with Crippen LogP contribution in [0.15, 0.2) is 60.7 Å². The maximum absolute atomic E-state index is 14.2. The zero-order valence-electron chi connectivity index (χ0n) is 28.1. The lowest BCUT2D eigenvalue weighted by molar-refractivity contribution is -0.143. The number of hydrogen-bond acceptors (Lipinski definition) is 8. The number of carbonyl (C=O) groups is 6. The molecule has 2 aliphatic rings. The van der Waals surface area contributed by atoms with Gasteiger partial charge in [0.25, 0.3) is 11.8 Å². The average Bonchev–Trinajstić information content (AvgIpc) is 3.67. The molecule has 1 saturated carbocycles. The lowest BCUT2D eigenvalue weighted by Crippen LogP contribution is -2.60. The molecule has 0 bridgehead atoms. The van der Waals surface area contributed by atoms with E-state index in [1.807, 2.05) is 6.92 Å². The Kier molecular flexibility index (Phi) is 12.2. The van der Waals surface area contributed by atoms with Crippen LogP contribution in [0.2, 0.25) is 0 Å². The third kappa shape index (κ3) is 8.50. The minimum absolute atomic E-state index is 0.0499.